The minimum atomic E-state index is -0.524. The number of carbonyl (C=O) groups is 2. The Balaban J connectivity index is 2.18. The average Bonchev–Trinajstić information content (AvgIpc) is 2.80. The first-order valence-electron chi connectivity index (χ1n) is 11.7. The highest BCUT2D eigenvalue weighted by atomic mass is 16.5. The topological polar surface area (TPSA) is 58.6 Å². The molecule has 1 N–H and O–H groups in total. The van der Waals surface area contributed by atoms with Crippen molar-refractivity contribution in [3.63, 3.8) is 0 Å². The van der Waals surface area contributed by atoms with E-state index < -0.39 is 6.04 Å². The molecular formula is C27H38N2O3. The molecule has 32 heavy (non-hydrogen) atoms. The molecule has 5 heteroatoms. The van der Waals surface area contributed by atoms with Crippen LogP contribution in [0.2, 0.25) is 0 Å². The predicted octanol–water partition coefficient (Wildman–Crippen LogP) is 4.95. The van der Waals surface area contributed by atoms with Crippen LogP contribution in [0.25, 0.3) is 0 Å². The van der Waals surface area contributed by atoms with Gasteiger partial charge in [-0.2, -0.15) is 0 Å². The van der Waals surface area contributed by atoms with E-state index in [-0.39, 0.29) is 24.5 Å². The predicted molar refractivity (Wildman–Crippen MR) is 130 cm³/mol. The number of amides is 2. The van der Waals surface area contributed by atoms with Crippen LogP contribution in [0.4, 0.5) is 0 Å². The molecule has 2 amide bonds. The molecule has 2 aromatic rings. The van der Waals surface area contributed by atoms with Crippen LogP contribution >= 0.6 is 0 Å². The highest BCUT2D eigenvalue weighted by molar-refractivity contribution is 5.88. The van der Waals surface area contributed by atoms with E-state index in [0.29, 0.717) is 25.3 Å². The van der Waals surface area contributed by atoms with E-state index in [2.05, 4.69) is 19.2 Å². The van der Waals surface area contributed by atoms with E-state index in [1.54, 1.807) is 4.90 Å². The van der Waals surface area contributed by atoms with Gasteiger partial charge in [0, 0.05) is 12.6 Å². The maximum absolute atomic E-state index is 13.3. The van der Waals surface area contributed by atoms with Crippen molar-refractivity contribution in [2.24, 2.45) is 0 Å². The average molecular weight is 439 g/mol. The zero-order valence-electron chi connectivity index (χ0n) is 20.1. The Morgan fingerprint density at radius 1 is 0.938 bits per heavy atom. The smallest absolute Gasteiger partial charge is 0.261 e. The Kier molecular flexibility index (Phi) is 10.3. The van der Waals surface area contributed by atoms with Crippen LogP contribution in [0.15, 0.2) is 54.6 Å². The van der Waals surface area contributed by atoms with Crippen molar-refractivity contribution in [1.82, 2.24) is 10.2 Å². The summed E-state index contributed by atoms with van der Waals surface area (Å²) >= 11 is 0. The molecule has 0 aromatic heterocycles. The van der Waals surface area contributed by atoms with Crippen molar-refractivity contribution in [3.05, 3.63) is 65.7 Å². The van der Waals surface area contributed by atoms with Gasteiger partial charge in [-0.3, -0.25) is 9.59 Å². The third-order valence-corrected chi connectivity index (χ3v) is 5.76. The van der Waals surface area contributed by atoms with Crippen LogP contribution in [0, 0.1) is 0 Å². The molecule has 0 fully saturated rings. The summed E-state index contributed by atoms with van der Waals surface area (Å²) in [5.41, 5.74) is 2.20. The summed E-state index contributed by atoms with van der Waals surface area (Å²) < 4.78 is 5.95. The Morgan fingerprint density at radius 2 is 1.59 bits per heavy atom. The van der Waals surface area contributed by atoms with Gasteiger partial charge in [0.15, 0.2) is 6.61 Å². The van der Waals surface area contributed by atoms with Crippen molar-refractivity contribution in [3.8, 4) is 5.75 Å². The van der Waals surface area contributed by atoms with Crippen LogP contribution in [0.5, 0.6) is 5.75 Å². The molecule has 0 saturated carbocycles. The van der Waals surface area contributed by atoms with Crippen LogP contribution in [0.3, 0.4) is 0 Å². The van der Waals surface area contributed by atoms with E-state index in [4.69, 9.17) is 4.74 Å². The molecule has 0 radical (unpaired) electrons. The lowest BCUT2D eigenvalue weighted by Gasteiger charge is -2.31. The standard InChI is InChI=1S/C27H38N2O3/c1-6-21(5)28-27(31)24(7-2)29(18-17-22-13-9-8-10-14-22)26(30)19-32-25-16-12-11-15-23(25)20(3)4/h8-16,20-21,24H,6-7,17-19H2,1-5H3,(H,28,31). The molecule has 2 unspecified atom stereocenters. The molecule has 0 aliphatic heterocycles. The Hall–Kier alpha value is -2.82. The van der Waals surface area contributed by atoms with E-state index >= 15 is 0 Å². The number of nitrogens with zero attached hydrogens (tertiary/aromatic N) is 1. The van der Waals surface area contributed by atoms with Gasteiger partial charge < -0.3 is 15.0 Å². The van der Waals surface area contributed by atoms with E-state index in [9.17, 15) is 9.59 Å². The molecule has 2 aromatic carbocycles. The normalized spacial score (nSPS) is 12.8. The zero-order valence-corrected chi connectivity index (χ0v) is 20.1. The van der Waals surface area contributed by atoms with Gasteiger partial charge in [0.25, 0.3) is 5.91 Å². The first kappa shape index (κ1) is 25.4. The number of hydrogen-bond acceptors (Lipinski definition) is 3. The molecule has 0 bridgehead atoms. The first-order chi connectivity index (χ1) is 15.4. The maximum atomic E-state index is 13.3. The Morgan fingerprint density at radius 3 is 2.22 bits per heavy atom. The second-order valence-corrected chi connectivity index (χ2v) is 8.55. The molecule has 2 rings (SSSR count). The summed E-state index contributed by atoms with van der Waals surface area (Å²) in [6.45, 7) is 10.5. The summed E-state index contributed by atoms with van der Waals surface area (Å²) in [4.78, 5) is 28.0. The first-order valence-corrected chi connectivity index (χ1v) is 11.7. The third-order valence-electron chi connectivity index (χ3n) is 5.76. The molecule has 174 valence electrons. The van der Waals surface area contributed by atoms with Crippen molar-refractivity contribution in [1.29, 1.82) is 0 Å². The molecule has 2 atom stereocenters. The summed E-state index contributed by atoms with van der Waals surface area (Å²) in [6, 6.07) is 17.4. The summed E-state index contributed by atoms with van der Waals surface area (Å²) in [6.07, 6.45) is 2.07. The lowest BCUT2D eigenvalue weighted by atomic mass is 10.0. The zero-order chi connectivity index (χ0) is 23.5. The SMILES string of the molecule is CCC(C)NC(=O)C(CC)N(CCc1ccccc1)C(=O)COc1ccccc1C(C)C. The number of benzene rings is 2. The summed E-state index contributed by atoms with van der Waals surface area (Å²) in [7, 11) is 0. The van der Waals surface area contributed by atoms with Gasteiger partial charge in [-0.25, -0.2) is 0 Å². The van der Waals surface area contributed by atoms with Gasteiger partial charge in [0.05, 0.1) is 0 Å². The number of hydrogen-bond donors (Lipinski definition) is 1. The second kappa shape index (κ2) is 12.9. The number of para-hydroxylation sites is 1. The highest BCUT2D eigenvalue weighted by Gasteiger charge is 2.29. The quantitative estimate of drug-likeness (QED) is 0.510. The largest absolute Gasteiger partial charge is 0.483 e. The van der Waals surface area contributed by atoms with Gasteiger partial charge in [0.1, 0.15) is 11.8 Å². The summed E-state index contributed by atoms with van der Waals surface area (Å²) in [5, 5.41) is 3.04. The van der Waals surface area contributed by atoms with Gasteiger partial charge in [-0.15, -0.1) is 0 Å². The van der Waals surface area contributed by atoms with Crippen molar-refractivity contribution >= 4 is 11.8 Å². The van der Waals surface area contributed by atoms with Crippen LogP contribution in [-0.4, -0.2) is 41.9 Å². The monoisotopic (exact) mass is 438 g/mol. The van der Waals surface area contributed by atoms with E-state index in [0.717, 1.165) is 23.3 Å². The fourth-order valence-electron chi connectivity index (χ4n) is 3.65. The maximum Gasteiger partial charge on any atom is 0.261 e. The molecule has 0 spiro atoms. The molecular weight excluding hydrogens is 400 g/mol. The van der Waals surface area contributed by atoms with Crippen LogP contribution in [-0.2, 0) is 16.0 Å². The Bertz CT molecular complexity index is 851. The molecule has 0 aliphatic rings. The van der Waals surface area contributed by atoms with Gasteiger partial charge in [0.2, 0.25) is 5.91 Å². The second-order valence-electron chi connectivity index (χ2n) is 8.55. The van der Waals surface area contributed by atoms with Crippen molar-refractivity contribution in [2.45, 2.75) is 71.9 Å². The van der Waals surface area contributed by atoms with Crippen LogP contribution < -0.4 is 10.1 Å². The number of rotatable bonds is 12. The minimum absolute atomic E-state index is 0.0665. The number of nitrogens with one attached hydrogen (secondary N) is 1. The van der Waals surface area contributed by atoms with E-state index in [1.807, 2.05) is 75.4 Å². The minimum Gasteiger partial charge on any atom is -0.483 e. The van der Waals surface area contributed by atoms with Gasteiger partial charge >= 0.3 is 0 Å². The van der Waals surface area contributed by atoms with Gasteiger partial charge in [-0.05, 0) is 49.3 Å². The summed E-state index contributed by atoms with van der Waals surface area (Å²) in [5.74, 6) is 0.729. The molecule has 0 saturated heterocycles. The molecule has 5 nitrogen and oxygen atoms in total. The number of ether oxygens (including phenoxy) is 1. The molecule has 0 aliphatic carbocycles. The fraction of sp³-hybridized carbons (Fsp3) is 0.481. The van der Waals surface area contributed by atoms with Crippen molar-refractivity contribution in [2.75, 3.05) is 13.2 Å². The number of carbonyl (C=O) groups excluding carboxylic acids is 2. The van der Waals surface area contributed by atoms with Gasteiger partial charge in [-0.1, -0.05) is 76.2 Å². The third kappa shape index (κ3) is 7.40. The van der Waals surface area contributed by atoms with Crippen LogP contribution in [0.1, 0.15) is 64.5 Å². The molecule has 0 heterocycles. The lowest BCUT2D eigenvalue weighted by Crippen LogP contribution is -2.52. The highest BCUT2D eigenvalue weighted by Crippen LogP contribution is 2.26. The fourth-order valence-corrected chi connectivity index (χ4v) is 3.65. The van der Waals surface area contributed by atoms with E-state index in [1.165, 1.54) is 0 Å². The van der Waals surface area contributed by atoms with Crippen molar-refractivity contribution < 1.29 is 14.3 Å². The Labute approximate surface area is 193 Å². The lowest BCUT2D eigenvalue weighted by molar-refractivity contribution is -0.142.